The molecule has 2 heterocycles. The quantitative estimate of drug-likeness (QED) is 0.279. The Morgan fingerprint density at radius 2 is 1.89 bits per heavy atom. The summed E-state index contributed by atoms with van der Waals surface area (Å²) in [6, 6.07) is 23.1. The molecule has 1 aliphatic heterocycles. The number of halogens is 1. The normalized spacial score (nSPS) is 14.6. The Hall–Kier alpha value is -4.11. The first-order valence-corrected chi connectivity index (χ1v) is 12.9. The fourth-order valence-electron chi connectivity index (χ4n) is 4.21. The van der Waals surface area contributed by atoms with Crippen LogP contribution in [0.5, 0.6) is 5.75 Å². The van der Waals surface area contributed by atoms with Crippen molar-refractivity contribution in [3.8, 4) is 5.75 Å². The van der Waals surface area contributed by atoms with Crippen molar-refractivity contribution in [2.24, 2.45) is 0 Å². The summed E-state index contributed by atoms with van der Waals surface area (Å²) < 4.78 is 21.6. The second kappa shape index (κ2) is 10.9. The van der Waals surface area contributed by atoms with Crippen LogP contribution in [-0.4, -0.2) is 27.3 Å². The number of nitrogens with one attached hydrogen (secondary N) is 2. The Bertz CT molecular complexity index is 1450. The molecule has 5 rings (SSSR count). The van der Waals surface area contributed by atoms with Crippen LogP contribution in [0.4, 0.5) is 16.0 Å². The van der Waals surface area contributed by atoms with Crippen LogP contribution in [0.15, 0.2) is 95.3 Å². The second-order valence-corrected chi connectivity index (χ2v) is 9.38. The average molecular weight is 516 g/mol. The van der Waals surface area contributed by atoms with E-state index in [0.717, 1.165) is 5.56 Å². The van der Waals surface area contributed by atoms with E-state index in [1.807, 2.05) is 68.4 Å². The van der Waals surface area contributed by atoms with Gasteiger partial charge in [-0.15, -0.1) is 5.10 Å². The molecule has 37 heavy (non-hydrogen) atoms. The molecule has 3 aromatic carbocycles. The van der Waals surface area contributed by atoms with E-state index < -0.39 is 6.04 Å². The summed E-state index contributed by atoms with van der Waals surface area (Å²) in [6.07, 6.45) is 0. The number of ether oxygens (including phenoxy) is 1. The van der Waals surface area contributed by atoms with Gasteiger partial charge in [0, 0.05) is 17.1 Å². The van der Waals surface area contributed by atoms with Gasteiger partial charge in [-0.2, -0.15) is 4.98 Å². The minimum absolute atomic E-state index is 0.246. The molecule has 1 aliphatic rings. The first-order chi connectivity index (χ1) is 18.0. The summed E-state index contributed by atoms with van der Waals surface area (Å²) in [5.74, 6) is 1.09. The maximum atomic E-state index is 14.1. The molecule has 188 valence electrons. The largest absolute Gasteiger partial charge is 0.494 e. The van der Waals surface area contributed by atoms with Gasteiger partial charge in [-0.3, -0.25) is 4.79 Å². The van der Waals surface area contributed by atoms with E-state index >= 15 is 0 Å². The highest BCUT2D eigenvalue weighted by Crippen LogP contribution is 2.38. The fourth-order valence-corrected chi connectivity index (χ4v) is 5.03. The van der Waals surface area contributed by atoms with Crippen molar-refractivity contribution in [3.05, 3.63) is 107 Å². The van der Waals surface area contributed by atoms with Crippen LogP contribution in [0.3, 0.4) is 0 Å². The number of fused-ring (bicyclic) bond motifs is 1. The Balaban J connectivity index is 1.51. The number of carbonyl (C=O) groups is 1. The van der Waals surface area contributed by atoms with Gasteiger partial charge in [-0.1, -0.05) is 60.3 Å². The molecule has 0 spiro atoms. The van der Waals surface area contributed by atoms with E-state index in [-0.39, 0.29) is 11.7 Å². The summed E-state index contributed by atoms with van der Waals surface area (Å²) >= 11 is 1.34. The molecule has 0 saturated heterocycles. The van der Waals surface area contributed by atoms with Crippen molar-refractivity contribution < 1.29 is 13.9 Å². The molecular formula is C28H26FN5O2S. The molecule has 7 nitrogen and oxygen atoms in total. The number of aromatic nitrogens is 3. The van der Waals surface area contributed by atoms with Gasteiger partial charge >= 0.3 is 0 Å². The Morgan fingerprint density at radius 1 is 1.11 bits per heavy atom. The average Bonchev–Trinajstić information content (AvgIpc) is 3.30. The monoisotopic (exact) mass is 515 g/mol. The van der Waals surface area contributed by atoms with E-state index in [4.69, 9.17) is 9.84 Å². The molecular weight excluding hydrogens is 489 g/mol. The van der Waals surface area contributed by atoms with Gasteiger partial charge in [-0.25, -0.2) is 9.07 Å². The number of rotatable bonds is 8. The first-order valence-electron chi connectivity index (χ1n) is 11.9. The fraction of sp³-hybridized carbons (Fsp3) is 0.179. The molecule has 0 saturated carbocycles. The summed E-state index contributed by atoms with van der Waals surface area (Å²) in [4.78, 5) is 18.2. The predicted molar refractivity (Wildman–Crippen MR) is 143 cm³/mol. The molecule has 0 fully saturated rings. The smallest absolute Gasteiger partial charge is 0.255 e. The number of amides is 1. The highest BCUT2D eigenvalue weighted by Gasteiger charge is 2.34. The zero-order valence-electron chi connectivity index (χ0n) is 20.4. The number of hydrogen-bond acceptors (Lipinski definition) is 6. The Labute approximate surface area is 218 Å². The number of carbonyl (C=O) groups excluding carboxylic acids is 1. The lowest BCUT2D eigenvalue weighted by Gasteiger charge is -2.29. The summed E-state index contributed by atoms with van der Waals surface area (Å²) in [6.45, 7) is 4.30. The highest BCUT2D eigenvalue weighted by atomic mass is 32.2. The van der Waals surface area contributed by atoms with E-state index in [2.05, 4.69) is 15.6 Å². The van der Waals surface area contributed by atoms with E-state index in [0.29, 0.717) is 51.7 Å². The Kier molecular flexibility index (Phi) is 7.23. The lowest BCUT2D eigenvalue weighted by atomic mass is 9.95. The summed E-state index contributed by atoms with van der Waals surface area (Å²) in [7, 11) is 0. The van der Waals surface area contributed by atoms with Crippen LogP contribution in [0.1, 0.15) is 31.0 Å². The molecule has 1 aromatic heterocycles. The number of nitrogens with zero attached hydrogens (tertiary/aromatic N) is 3. The van der Waals surface area contributed by atoms with Crippen molar-refractivity contribution in [3.63, 3.8) is 0 Å². The first kappa shape index (κ1) is 24.6. The van der Waals surface area contributed by atoms with Gasteiger partial charge in [0.25, 0.3) is 5.91 Å². The van der Waals surface area contributed by atoms with Crippen molar-refractivity contribution in [1.82, 2.24) is 14.8 Å². The molecule has 1 unspecified atom stereocenters. The Morgan fingerprint density at radius 3 is 2.68 bits per heavy atom. The van der Waals surface area contributed by atoms with Crippen LogP contribution in [0.25, 0.3) is 0 Å². The molecule has 4 aromatic rings. The third-order valence-electron chi connectivity index (χ3n) is 5.91. The molecule has 0 aliphatic carbocycles. The molecule has 0 radical (unpaired) electrons. The molecule has 0 bridgehead atoms. The number of allylic oxidation sites excluding steroid dienone is 1. The standard InChI is InChI=1S/C28H26FN5O2S/c1-3-36-22-14-9-11-19(16-22)25-24(26(35)31-21-12-5-4-6-13-21)18(2)30-27-32-28(33-34(25)27)37-17-20-10-7-8-15-23(20)29/h4-16,25H,3,17H2,1-2H3,(H,31,35)(H,30,32,33). The third kappa shape index (κ3) is 5.36. The van der Waals surface area contributed by atoms with Crippen LogP contribution in [0, 0.1) is 5.82 Å². The highest BCUT2D eigenvalue weighted by molar-refractivity contribution is 7.98. The number of hydrogen-bond donors (Lipinski definition) is 2. The SMILES string of the molecule is CCOc1cccc(C2C(C(=O)Nc3ccccc3)=C(C)Nc3nc(SCc4ccccc4F)nn32)c1. The van der Waals surface area contributed by atoms with Gasteiger partial charge in [0.1, 0.15) is 17.6 Å². The van der Waals surface area contributed by atoms with Crippen LogP contribution < -0.4 is 15.4 Å². The van der Waals surface area contributed by atoms with Gasteiger partial charge < -0.3 is 15.4 Å². The molecule has 9 heteroatoms. The van der Waals surface area contributed by atoms with Crippen LogP contribution in [0.2, 0.25) is 0 Å². The zero-order valence-corrected chi connectivity index (χ0v) is 21.3. The topological polar surface area (TPSA) is 81.1 Å². The lowest BCUT2D eigenvalue weighted by Crippen LogP contribution is -2.31. The molecule has 1 atom stereocenters. The van der Waals surface area contributed by atoms with Crippen molar-refractivity contribution >= 4 is 29.3 Å². The molecule has 1 amide bonds. The third-order valence-corrected chi connectivity index (χ3v) is 6.80. The predicted octanol–water partition coefficient (Wildman–Crippen LogP) is 6.04. The van der Waals surface area contributed by atoms with Crippen LogP contribution in [-0.2, 0) is 10.5 Å². The van der Waals surface area contributed by atoms with Gasteiger partial charge in [-0.05, 0) is 55.3 Å². The zero-order chi connectivity index (χ0) is 25.8. The van der Waals surface area contributed by atoms with Crippen LogP contribution >= 0.6 is 11.8 Å². The lowest BCUT2D eigenvalue weighted by molar-refractivity contribution is -0.113. The number of para-hydroxylation sites is 1. The van der Waals surface area contributed by atoms with E-state index in [1.54, 1.807) is 22.9 Å². The van der Waals surface area contributed by atoms with Gasteiger partial charge in [0.05, 0.1) is 12.2 Å². The molecule has 2 N–H and O–H groups in total. The number of anilines is 2. The second-order valence-electron chi connectivity index (χ2n) is 8.43. The maximum Gasteiger partial charge on any atom is 0.255 e. The van der Waals surface area contributed by atoms with Crippen molar-refractivity contribution in [2.45, 2.75) is 30.8 Å². The van der Waals surface area contributed by atoms with Gasteiger partial charge in [0.15, 0.2) is 0 Å². The number of benzene rings is 3. The van der Waals surface area contributed by atoms with Crippen molar-refractivity contribution in [1.29, 1.82) is 0 Å². The summed E-state index contributed by atoms with van der Waals surface area (Å²) in [5.41, 5.74) is 3.29. The summed E-state index contributed by atoms with van der Waals surface area (Å²) in [5, 5.41) is 11.4. The minimum Gasteiger partial charge on any atom is -0.494 e. The van der Waals surface area contributed by atoms with E-state index in [9.17, 15) is 9.18 Å². The number of thioether (sulfide) groups is 1. The van der Waals surface area contributed by atoms with Crippen molar-refractivity contribution in [2.75, 3.05) is 17.2 Å². The minimum atomic E-state index is -0.546. The van der Waals surface area contributed by atoms with Gasteiger partial charge in [0.2, 0.25) is 11.1 Å². The maximum absolute atomic E-state index is 14.1. The van der Waals surface area contributed by atoms with E-state index in [1.165, 1.54) is 17.8 Å².